The summed E-state index contributed by atoms with van der Waals surface area (Å²) in [6, 6.07) is 13.7. The summed E-state index contributed by atoms with van der Waals surface area (Å²) >= 11 is 0. The van der Waals surface area contributed by atoms with E-state index in [0.717, 1.165) is 5.56 Å². The number of aliphatic carboxylic acids is 1. The Morgan fingerprint density at radius 2 is 1.74 bits per heavy atom. The van der Waals surface area contributed by atoms with E-state index in [4.69, 9.17) is 14.2 Å². The third kappa shape index (κ3) is 7.12. The molecule has 3 rings (SSSR count). The van der Waals surface area contributed by atoms with Crippen LogP contribution in [0.5, 0.6) is 11.5 Å². The molecule has 1 aromatic heterocycles. The second kappa shape index (κ2) is 12.8. The van der Waals surface area contributed by atoms with Crippen molar-refractivity contribution in [3.05, 3.63) is 59.8 Å². The van der Waals surface area contributed by atoms with Crippen LogP contribution in [-0.2, 0) is 14.3 Å². The quantitative estimate of drug-likeness (QED) is 0.341. The number of carboxylic acid groups (broad SMARTS) is 1. The largest absolute Gasteiger partial charge is 0.496 e. The minimum Gasteiger partial charge on any atom is -0.496 e. The smallest absolute Gasteiger partial charge is 0.343 e. The lowest BCUT2D eigenvalue weighted by Gasteiger charge is -2.18. The lowest BCUT2D eigenvalue weighted by atomic mass is 10.0. The predicted molar refractivity (Wildman–Crippen MR) is 141 cm³/mol. The van der Waals surface area contributed by atoms with Gasteiger partial charge in [0.05, 0.1) is 37.6 Å². The molecule has 202 valence electrons. The van der Waals surface area contributed by atoms with Gasteiger partial charge in [-0.05, 0) is 49.6 Å². The van der Waals surface area contributed by atoms with Crippen LogP contribution in [0.2, 0.25) is 0 Å². The van der Waals surface area contributed by atoms with E-state index in [1.807, 2.05) is 45.0 Å². The summed E-state index contributed by atoms with van der Waals surface area (Å²) in [6.45, 7) is 5.56. The molecule has 0 aliphatic carbocycles. The minimum absolute atomic E-state index is 0.0875. The number of esters is 1. The Bertz CT molecular complexity index is 1280. The van der Waals surface area contributed by atoms with E-state index in [2.05, 4.69) is 10.4 Å². The van der Waals surface area contributed by atoms with E-state index in [-0.39, 0.29) is 24.6 Å². The molecule has 0 spiro atoms. The van der Waals surface area contributed by atoms with Crippen molar-refractivity contribution in [2.24, 2.45) is 5.92 Å². The molecule has 1 amide bonds. The molecule has 0 bridgehead atoms. The van der Waals surface area contributed by atoms with Gasteiger partial charge in [0.2, 0.25) is 0 Å². The Kier molecular flexibility index (Phi) is 9.48. The number of nitrogens with one attached hydrogen (secondary N) is 1. The van der Waals surface area contributed by atoms with Crippen LogP contribution < -0.4 is 14.8 Å². The maximum Gasteiger partial charge on any atom is 0.343 e. The van der Waals surface area contributed by atoms with Gasteiger partial charge in [0, 0.05) is 6.04 Å². The first-order chi connectivity index (χ1) is 18.1. The Morgan fingerprint density at radius 1 is 1.05 bits per heavy atom. The molecule has 0 saturated carbocycles. The van der Waals surface area contributed by atoms with Crippen molar-refractivity contribution in [3.8, 4) is 28.4 Å². The van der Waals surface area contributed by atoms with Crippen molar-refractivity contribution in [1.82, 2.24) is 15.1 Å². The van der Waals surface area contributed by atoms with Crippen molar-refractivity contribution in [3.63, 3.8) is 0 Å². The molecule has 2 N–H and O–H groups in total. The molecular formula is C28H33N3O7. The van der Waals surface area contributed by atoms with Gasteiger partial charge in [0.25, 0.3) is 5.91 Å². The van der Waals surface area contributed by atoms with Crippen LogP contribution in [0.1, 0.15) is 42.7 Å². The van der Waals surface area contributed by atoms with Crippen LogP contribution in [-0.4, -0.2) is 59.6 Å². The van der Waals surface area contributed by atoms with E-state index < -0.39 is 23.9 Å². The molecule has 1 heterocycles. The van der Waals surface area contributed by atoms with Gasteiger partial charge < -0.3 is 24.6 Å². The number of carbonyl (C=O) groups is 3. The SMILES string of the molecule is COC(=O)COc1cccc(OC)c1-c1cc(C(=O)NC(CC(=O)O)CC(C)C)nn1-c1ccc(C)cc1. The Labute approximate surface area is 221 Å². The number of hydrogen-bond donors (Lipinski definition) is 2. The normalized spacial score (nSPS) is 11.6. The van der Waals surface area contributed by atoms with E-state index in [1.54, 1.807) is 28.9 Å². The molecular weight excluding hydrogens is 490 g/mol. The fourth-order valence-corrected chi connectivity index (χ4v) is 4.03. The summed E-state index contributed by atoms with van der Waals surface area (Å²) < 4.78 is 17.6. The number of aryl methyl sites for hydroxylation is 1. The zero-order chi connectivity index (χ0) is 27.8. The summed E-state index contributed by atoms with van der Waals surface area (Å²) in [7, 11) is 2.78. The van der Waals surface area contributed by atoms with Crippen LogP contribution in [0.15, 0.2) is 48.5 Å². The monoisotopic (exact) mass is 523 g/mol. The molecule has 0 aliphatic heterocycles. The highest BCUT2D eigenvalue weighted by Gasteiger charge is 2.25. The molecule has 1 unspecified atom stereocenters. The summed E-state index contributed by atoms with van der Waals surface area (Å²) in [5, 5.41) is 16.7. The van der Waals surface area contributed by atoms with Crippen molar-refractivity contribution in [2.45, 2.75) is 39.7 Å². The maximum absolute atomic E-state index is 13.3. The van der Waals surface area contributed by atoms with Crippen molar-refractivity contribution in [1.29, 1.82) is 0 Å². The third-order valence-electron chi connectivity index (χ3n) is 5.77. The number of benzene rings is 2. The number of aromatic nitrogens is 2. The lowest BCUT2D eigenvalue weighted by Crippen LogP contribution is -2.37. The number of amides is 1. The molecule has 10 nitrogen and oxygen atoms in total. The minimum atomic E-state index is -0.997. The molecule has 3 aromatic rings. The second-order valence-electron chi connectivity index (χ2n) is 9.26. The van der Waals surface area contributed by atoms with Crippen LogP contribution >= 0.6 is 0 Å². The molecule has 0 fully saturated rings. The molecule has 0 aliphatic rings. The van der Waals surface area contributed by atoms with Crippen LogP contribution in [0.25, 0.3) is 16.9 Å². The second-order valence-corrected chi connectivity index (χ2v) is 9.26. The van der Waals surface area contributed by atoms with Crippen LogP contribution in [0.3, 0.4) is 0 Å². The highest BCUT2D eigenvalue weighted by molar-refractivity contribution is 5.94. The number of carbonyl (C=O) groups excluding carboxylic acids is 2. The maximum atomic E-state index is 13.3. The van der Waals surface area contributed by atoms with E-state index in [0.29, 0.717) is 34.9 Å². The molecule has 1 atom stereocenters. The molecule has 0 radical (unpaired) electrons. The van der Waals surface area contributed by atoms with E-state index >= 15 is 0 Å². The molecule has 2 aromatic carbocycles. The van der Waals surface area contributed by atoms with Crippen LogP contribution in [0.4, 0.5) is 0 Å². The first-order valence-corrected chi connectivity index (χ1v) is 12.2. The Morgan fingerprint density at radius 3 is 2.34 bits per heavy atom. The fraction of sp³-hybridized carbons (Fsp3) is 0.357. The van der Waals surface area contributed by atoms with Gasteiger partial charge >= 0.3 is 11.9 Å². The third-order valence-corrected chi connectivity index (χ3v) is 5.77. The predicted octanol–water partition coefficient (Wildman–Crippen LogP) is 4.03. The summed E-state index contributed by atoms with van der Waals surface area (Å²) in [6.07, 6.45) is 0.301. The Hall–Kier alpha value is -4.34. The topological polar surface area (TPSA) is 129 Å². The molecule has 0 saturated heterocycles. The van der Waals surface area contributed by atoms with Gasteiger partial charge in [-0.15, -0.1) is 0 Å². The fourth-order valence-electron chi connectivity index (χ4n) is 4.03. The highest BCUT2D eigenvalue weighted by Crippen LogP contribution is 2.39. The van der Waals surface area contributed by atoms with Gasteiger partial charge in [-0.2, -0.15) is 5.10 Å². The van der Waals surface area contributed by atoms with Gasteiger partial charge in [-0.1, -0.05) is 37.6 Å². The van der Waals surface area contributed by atoms with Gasteiger partial charge in [0.15, 0.2) is 12.3 Å². The average Bonchev–Trinajstić information content (AvgIpc) is 3.31. The zero-order valence-electron chi connectivity index (χ0n) is 22.2. The van der Waals surface area contributed by atoms with Crippen molar-refractivity contribution >= 4 is 17.8 Å². The average molecular weight is 524 g/mol. The number of ether oxygens (including phenoxy) is 3. The summed E-state index contributed by atoms with van der Waals surface area (Å²) in [5.41, 5.74) is 2.78. The van der Waals surface area contributed by atoms with Gasteiger partial charge in [-0.3, -0.25) is 9.59 Å². The van der Waals surface area contributed by atoms with E-state index in [1.165, 1.54) is 14.2 Å². The molecule has 38 heavy (non-hydrogen) atoms. The first-order valence-electron chi connectivity index (χ1n) is 12.2. The van der Waals surface area contributed by atoms with Crippen molar-refractivity contribution < 1.29 is 33.7 Å². The van der Waals surface area contributed by atoms with Crippen molar-refractivity contribution in [2.75, 3.05) is 20.8 Å². The molecule has 10 heteroatoms. The lowest BCUT2D eigenvalue weighted by molar-refractivity contribution is -0.143. The van der Waals surface area contributed by atoms with Crippen LogP contribution in [0, 0.1) is 12.8 Å². The highest BCUT2D eigenvalue weighted by atomic mass is 16.6. The first kappa shape index (κ1) is 28.2. The number of hydrogen-bond acceptors (Lipinski definition) is 7. The zero-order valence-corrected chi connectivity index (χ0v) is 22.2. The number of methoxy groups -OCH3 is 2. The standard InChI is InChI=1S/C28H33N3O7/c1-17(2)13-19(14-25(32)33)29-28(35)21-15-22(31(30-21)20-11-9-18(3)10-12-20)27-23(36-4)7-6-8-24(27)38-16-26(34)37-5/h6-12,15,17,19H,13-14,16H2,1-5H3,(H,29,35)(H,32,33). The Balaban J connectivity index is 2.12. The summed E-state index contributed by atoms with van der Waals surface area (Å²) in [5.74, 6) is -1.10. The number of rotatable bonds is 12. The summed E-state index contributed by atoms with van der Waals surface area (Å²) in [4.78, 5) is 36.4. The van der Waals surface area contributed by atoms with Gasteiger partial charge in [0.1, 0.15) is 11.5 Å². The van der Waals surface area contributed by atoms with E-state index in [9.17, 15) is 19.5 Å². The number of carboxylic acids is 1. The van der Waals surface area contributed by atoms with Gasteiger partial charge in [-0.25, -0.2) is 9.48 Å². The number of nitrogens with zero attached hydrogens (tertiary/aromatic N) is 2.